The van der Waals surface area contributed by atoms with E-state index in [1.807, 2.05) is 4.90 Å². The highest BCUT2D eigenvalue weighted by atomic mass is 32.1. The molecule has 0 unspecified atom stereocenters. The molecule has 0 spiro atoms. The van der Waals surface area contributed by atoms with Gasteiger partial charge < -0.3 is 25.3 Å². The van der Waals surface area contributed by atoms with Gasteiger partial charge in [0.05, 0.1) is 12.2 Å². The number of carbonyl (C=O) groups is 3. The van der Waals surface area contributed by atoms with Crippen LogP contribution in [-0.2, 0) is 16.0 Å². The number of carboxylic acid groups (broad SMARTS) is 2. The van der Waals surface area contributed by atoms with Gasteiger partial charge in [-0.15, -0.1) is 0 Å². The van der Waals surface area contributed by atoms with E-state index in [1.165, 1.54) is 0 Å². The molecule has 4 rings (SSSR count). The van der Waals surface area contributed by atoms with Crippen molar-refractivity contribution in [2.24, 2.45) is 0 Å². The largest absolute Gasteiger partial charge is 0.480 e. The van der Waals surface area contributed by atoms with Gasteiger partial charge in [0, 0.05) is 25.2 Å². The van der Waals surface area contributed by atoms with Gasteiger partial charge >= 0.3 is 11.9 Å². The molecule has 1 fully saturated rings. The minimum Gasteiger partial charge on any atom is -0.480 e. The number of aryl methyl sites for hydroxylation is 1. The van der Waals surface area contributed by atoms with Gasteiger partial charge in [-0.2, -0.15) is 9.97 Å². The quantitative estimate of drug-likeness (QED) is 0.488. The van der Waals surface area contributed by atoms with Gasteiger partial charge in [-0.25, -0.2) is 9.78 Å². The second kappa shape index (κ2) is 7.74. The Hall–Kier alpha value is -3.48. The molecule has 2 aromatic heterocycles. The van der Waals surface area contributed by atoms with Gasteiger partial charge in [-0.1, -0.05) is 11.3 Å². The van der Waals surface area contributed by atoms with Crippen molar-refractivity contribution in [2.45, 2.75) is 13.3 Å². The van der Waals surface area contributed by atoms with Crippen LogP contribution in [0.1, 0.15) is 20.9 Å². The molecule has 0 aliphatic carbocycles. The van der Waals surface area contributed by atoms with Gasteiger partial charge in [-0.05, 0) is 13.3 Å². The summed E-state index contributed by atoms with van der Waals surface area (Å²) in [7, 11) is 0. The van der Waals surface area contributed by atoms with Gasteiger partial charge in [0.1, 0.15) is 23.1 Å². The van der Waals surface area contributed by atoms with Gasteiger partial charge in [0.25, 0.3) is 0 Å². The van der Waals surface area contributed by atoms with Crippen molar-refractivity contribution in [3.8, 4) is 0 Å². The minimum absolute atomic E-state index is 0.110. The number of carbonyl (C=O) groups excluding carboxylic acids is 1. The average molecular weight is 433 g/mol. The number of fused-ring (bicyclic) bond motifs is 1. The molecule has 0 bridgehead atoms. The molecule has 2 aromatic rings. The van der Waals surface area contributed by atoms with Crippen LogP contribution in [0.5, 0.6) is 0 Å². The molecule has 0 radical (unpaired) electrons. The molecule has 2 aliphatic heterocycles. The van der Waals surface area contributed by atoms with Crippen molar-refractivity contribution < 1.29 is 24.6 Å². The Kier molecular flexibility index (Phi) is 5.11. The molecule has 4 heterocycles. The maximum Gasteiger partial charge on any atom is 0.347 e. The minimum atomic E-state index is -1.07. The number of nitrogens with zero attached hydrogens (tertiary/aromatic N) is 5. The van der Waals surface area contributed by atoms with Crippen LogP contribution in [0.15, 0.2) is 0 Å². The lowest BCUT2D eigenvalue weighted by atomic mass is 10.2. The van der Waals surface area contributed by atoms with Gasteiger partial charge in [-0.3, -0.25) is 14.9 Å². The number of rotatable bonds is 6. The number of aliphatic carboxylic acids is 1. The van der Waals surface area contributed by atoms with E-state index < -0.39 is 11.9 Å². The zero-order valence-corrected chi connectivity index (χ0v) is 16.8. The maximum atomic E-state index is 11.9. The topological polar surface area (TPSA) is 161 Å². The van der Waals surface area contributed by atoms with E-state index in [-0.39, 0.29) is 29.8 Å². The third kappa shape index (κ3) is 3.83. The number of nitrogens with one attached hydrogen (secondary N) is 2. The van der Waals surface area contributed by atoms with E-state index >= 15 is 0 Å². The molecule has 158 valence electrons. The van der Waals surface area contributed by atoms with Gasteiger partial charge in [0.2, 0.25) is 11.9 Å². The monoisotopic (exact) mass is 433 g/mol. The van der Waals surface area contributed by atoms with Crippen LogP contribution in [0.25, 0.3) is 0 Å². The number of hydrogen-bond donors (Lipinski definition) is 4. The third-order valence-corrected chi connectivity index (χ3v) is 5.83. The Balaban J connectivity index is 1.72. The van der Waals surface area contributed by atoms with E-state index in [1.54, 1.807) is 11.8 Å². The van der Waals surface area contributed by atoms with Crippen molar-refractivity contribution in [1.82, 2.24) is 20.3 Å². The summed E-state index contributed by atoms with van der Waals surface area (Å²) in [5.41, 5.74) is 1.16. The molecule has 1 saturated heterocycles. The Labute approximate surface area is 174 Å². The molecule has 13 heteroatoms. The van der Waals surface area contributed by atoms with Crippen molar-refractivity contribution in [1.29, 1.82) is 0 Å². The number of carboxylic acids is 2. The van der Waals surface area contributed by atoms with Crippen LogP contribution in [0.2, 0.25) is 0 Å². The molecule has 12 nitrogen and oxygen atoms in total. The molecular formula is C17H19N7O5S. The standard InChI is InChI=1S/C17H19N7O5S/c1-8-12(15(28)29)30-17(19-8)22-16-20-13-9(2-4-23(13)7-11(26)27)14(21-16)24-5-3-18-10(25)6-24/h2-7H2,1H3,(H,18,25)(H,26,27)(H,28,29)(H,19,20,21,22). The number of thiazole rings is 1. The first-order chi connectivity index (χ1) is 14.3. The zero-order valence-electron chi connectivity index (χ0n) is 16.0. The van der Waals surface area contributed by atoms with Crippen molar-refractivity contribution in [3.05, 3.63) is 16.1 Å². The number of anilines is 4. The summed E-state index contributed by atoms with van der Waals surface area (Å²) in [4.78, 5) is 51.2. The highest BCUT2D eigenvalue weighted by Crippen LogP contribution is 2.35. The Morgan fingerprint density at radius 1 is 1.20 bits per heavy atom. The SMILES string of the molecule is Cc1nc(Nc2nc3c(c(N4CCNC(=O)C4)n2)CCN3CC(=O)O)sc1C(=O)O. The normalized spacial score (nSPS) is 15.7. The molecule has 4 N–H and O–H groups in total. The lowest BCUT2D eigenvalue weighted by Crippen LogP contribution is -2.48. The zero-order chi connectivity index (χ0) is 21.4. The predicted octanol–water partition coefficient (Wildman–Crippen LogP) is 0.0666. The van der Waals surface area contributed by atoms with Crippen LogP contribution in [0.4, 0.5) is 22.7 Å². The van der Waals surface area contributed by atoms with Crippen molar-refractivity contribution in [3.63, 3.8) is 0 Å². The van der Waals surface area contributed by atoms with E-state index in [4.69, 9.17) is 0 Å². The Bertz CT molecular complexity index is 1040. The van der Waals surface area contributed by atoms with E-state index in [2.05, 4.69) is 25.6 Å². The number of aromatic carboxylic acids is 1. The number of amides is 1. The van der Waals surface area contributed by atoms with E-state index in [0.717, 1.165) is 16.9 Å². The van der Waals surface area contributed by atoms with Crippen LogP contribution < -0.4 is 20.4 Å². The van der Waals surface area contributed by atoms with Crippen LogP contribution in [-0.4, -0.2) is 75.7 Å². The maximum absolute atomic E-state index is 11.9. The molecule has 0 aromatic carbocycles. The summed E-state index contributed by atoms with van der Waals surface area (Å²) in [5.74, 6) is -0.945. The summed E-state index contributed by atoms with van der Waals surface area (Å²) in [6.45, 7) is 3.05. The fourth-order valence-corrected chi connectivity index (χ4v) is 4.30. The molecule has 0 saturated carbocycles. The first-order valence-electron chi connectivity index (χ1n) is 9.19. The summed E-state index contributed by atoms with van der Waals surface area (Å²) < 4.78 is 0. The highest BCUT2D eigenvalue weighted by Gasteiger charge is 2.31. The van der Waals surface area contributed by atoms with Crippen LogP contribution in [0, 0.1) is 6.92 Å². The fraction of sp³-hybridized carbons (Fsp3) is 0.412. The molecule has 30 heavy (non-hydrogen) atoms. The van der Waals surface area contributed by atoms with Crippen molar-refractivity contribution >= 4 is 51.9 Å². The lowest BCUT2D eigenvalue weighted by Gasteiger charge is -2.29. The molecular weight excluding hydrogens is 414 g/mol. The smallest absolute Gasteiger partial charge is 0.347 e. The number of aromatic nitrogens is 3. The molecule has 2 aliphatic rings. The van der Waals surface area contributed by atoms with E-state index in [9.17, 15) is 24.6 Å². The summed E-state index contributed by atoms with van der Waals surface area (Å²) in [6, 6.07) is 0. The summed E-state index contributed by atoms with van der Waals surface area (Å²) in [6.07, 6.45) is 0.565. The highest BCUT2D eigenvalue weighted by molar-refractivity contribution is 7.17. The van der Waals surface area contributed by atoms with E-state index in [0.29, 0.717) is 48.5 Å². The van der Waals surface area contributed by atoms with Crippen molar-refractivity contribution in [2.75, 3.05) is 47.8 Å². The summed E-state index contributed by atoms with van der Waals surface area (Å²) >= 11 is 0.962. The Morgan fingerprint density at radius 3 is 2.63 bits per heavy atom. The van der Waals surface area contributed by atoms with Crippen LogP contribution in [0.3, 0.4) is 0 Å². The fourth-order valence-electron chi connectivity index (χ4n) is 3.50. The lowest BCUT2D eigenvalue weighted by molar-refractivity contribution is -0.135. The predicted molar refractivity (Wildman–Crippen MR) is 108 cm³/mol. The van der Waals surface area contributed by atoms with Gasteiger partial charge in [0.15, 0.2) is 5.13 Å². The third-order valence-electron chi connectivity index (χ3n) is 4.77. The molecule has 1 amide bonds. The number of hydrogen-bond acceptors (Lipinski definition) is 10. The second-order valence-electron chi connectivity index (χ2n) is 6.87. The first kappa shape index (κ1) is 19.8. The summed E-state index contributed by atoms with van der Waals surface area (Å²) in [5, 5.41) is 24.5. The second-order valence-corrected chi connectivity index (χ2v) is 7.87. The Morgan fingerprint density at radius 2 is 1.97 bits per heavy atom. The van der Waals surface area contributed by atoms with Crippen LogP contribution >= 0.6 is 11.3 Å². The number of piperazine rings is 1. The molecule has 0 atom stereocenters. The average Bonchev–Trinajstić information content (AvgIpc) is 3.24. The first-order valence-corrected chi connectivity index (χ1v) is 10.0.